The topological polar surface area (TPSA) is 13.1 Å². The lowest BCUT2D eigenvalue weighted by Gasteiger charge is -2.57. The predicted molar refractivity (Wildman–Crippen MR) is 281 cm³/mol. The summed E-state index contributed by atoms with van der Waals surface area (Å²) in [7, 11) is 0. The van der Waals surface area contributed by atoms with Crippen molar-refractivity contribution in [3.63, 3.8) is 0 Å². The summed E-state index contributed by atoms with van der Waals surface area (Å²) in [5.74, 6) is 1.92. The molecule has 9 aromatic carbocycles. The summed E-state index contributed by atoms with van der Waals surface area (Å²) >= 11 is 0. The molecule has 4 atom stereocenters. The monoisotopic (exact) mass is 861 g/mol. The largest absolute Gasteiger partial charge is 0.310 e. The van der Waals surface area contributed by atoms with Crippen molar-refractivity contribution < 1.29 is 0 Å². The highest BCUT2D eigenvalue weighted by Crippen LogP contribution is 2.64. The van der Waals surface area contributed by atoms with E-state index in [0.29, 0.717) is 11.8 Å². The van der Waals surface area contributed by atoms with Gasteiger partial charge in [0.15, 0.2) is 0 Å². The highest BCUT2D eigenvalue weighted by molar-refractivity contribution is 6.13. The molecule has 3 heterocycles. The second-order valence-corrected chi connectivity index (χ2v) is 19.7. The van der Waals surface area contributed by atoms with Gasteiger partial charge in [0.05, 0.1) is 27.8 Å². The average molecular weight is 862 g/mol. The minimum atomic E-state index is -0.0488. The zero-order valence-corrected chi connectivity index (χ0v) is 37.8. The Balaban J connectivity index is 0.953. The fourth-order valence-corrected chi connectivity index (χ4v) is 13.6. The van der Waals surface area contributed by atoms with E-state index < -0.39 is 0 Å². The van der Waals surface area contributed by atoms with Gasteiger partial charge in [-0.05, 0) is 150 Å². The Morgan fingerprint density at radius 1 is 0.418 bits per heavy atom. The number of benzene rings is 9. The van der Waals surface area contributed by atoms with Crippen LogP contribution in [0.3, 0.4) is 0 Å². The van der Waals surface area contributed by atoms with E-state index in [9.17, 15) is 0 Å². The number of nitrogens with zero attached hydrogens (tertiary/aromatic N) is 3. The molecule has 322 valence electrons. The number of anilines is 3. The molecule has 2 aliphatic carbocycles. The first-order valence-electron chi connectivity index (χ1n) is 24.5. The summed E-state index contributed by atoms with van der Waals surface area (Å²) in [4.78, 5) is 2.54. The van der Waals surface area contributed by atoms with Gasteiger partial charge >= 0.3 is 0 Å². The highest BCUT2D eigenvalue weighted by Gasteiger charge is 2.56. The summed E-state index contributed by atoms with van der Waals surface area (Å²) in [6, 6.07) is 79.7. The van der Waals surface area contributed by atoms with Crippen molar-refractivity contribution in [2.75, 3.05) is 4.90 Å². The molecule has 0 N–H and O–H groups in total. The van der Waals surface area contributed by atoms with Crippen LogP contribution in [-0.2, 0) is 5.41 Å². The Morgan fingerprint density at radius 3 is 1.66 bits per heavy atom. The maximum absolute atomic E-state index is 2.64. The van der Waals surface area contributed by atoms with Crippen LogP contribution in [0.25, 0.3) is 77.2 Å². The normalized spacial score (nSPS) is 19.6. The van der Waals surface area contributed by atoms with Crippen LogP contribution in [0.5, 0.6) is 0 Å². The second-order valence-electron chi connectivity index (χ2n) is 19.7. The molecule has 2 aromatic heterocycles. The summed E-state index contributed by atoms with van der Waals surface area (Å²) in [5.41, 5.74) is 19.1. The zero-order valence-electron chi connectivity index (χ0n) is 37.8. The van der Waals surface area contributed by atoms with Crippen LogP contribution < -0.4 is 4.90 Å². The molecule has 0 radical (unpaired) electrons. The molecule has 2 bridgehead atoms. The van der Waals surface area contributed by atoms with E-state index in [2.05, 4.69) is 233 Å². The Morgan fingerprint density at radius 2 is 0.970 bits per heavy atom. The summed E-state index contributed by atoms with van der Waals surface area (Å²) in [6.45, 7) is 2.52. The Bertz CT molecular complexity index is 3640. The van der Waals surface area contributed by atoms with Gasteiger partial charge in [-0.15, -0.1) is 0 Å². The van der Waals surface area contributed by atoms with Crippen LogP contribution in [-0.4, -0.2) is 9.13 Å². The molecule has 1 aliphatic heterocycles. The van der Waals surface area contributed by atoms with Gasteiger partial charge in [0.25, 0.3) is 0 Å². The van der Waals surface area contributed by atoms with Crippen LogP contribution in [0.1, 0.15) is 50.2 Å². The van der Waals surface area contributed by atoms with E-state index >= 15 is 0 Å². The van der Waals surface area contributed by atoms with E-state index in [-0.39, 0.29) is 5.41 Å². The second kappa shape index (κ2) is 15.0. The summed E-state index contributed by atoms with van der Waals surface area (Å²) in [5, 5.41) is 5.22. The van der Waals surface area contributed by atoms with Gasteiger partial charge in [0.1, 0.15) is 0 Å². The minimum absolute atomic E-state index is 0.0488. The van der Waals surface area contributed by atoms with Crippen molar-refractivity contribution in [1.29, 1.82) is 0 Å². The third-order valence-electron chi connectivity index (χ3n) is 16.2. The molecule has 2 fully saturated rings. The molecule has 3 nitrogen and oxygen atoms in total. The van der Waals surface area contributed by atoms with Crippen LogP contribution in [0.2, 0.25) is 0 Å². The Kier molecular flexibility index (Phi) is 8.62. The molecule has 1 unspecified atom stereocenters. The van der Waals surface area contributed by atoms with Gasteiger partial charge in [0, 0.05) is 49.7 Å². The average Bonchev–Trinajstić information content (AvgIpc) is 3.90. The molecule has 3 heteroatoms. The van der Waals surface area contributed by atoms with Crippen LogP contribution in [0.4, 0.5) is 17.1 Å². The standard InChI is InChI=1S/C64H51N3/c1-42-37-47-18-14-19-48(38-42)64(47)57-24-8-12-28-62(57)67-61-27-11-7-23-55(61)56-40-52(41-58(64)63(56)67)65(51-20-13-17-46(39-51)43-15-3-2-4-16-43)49-33-29-44(30-34-49)45-31-35-50(36-32-45)66-59-25-9-5-21-53(59)54-22-6-10-26-60(54)66/h2-13,15-17,20-36,39-42,47-48H,14,18-19,37-38H2,1H3/t42-,47-,48+,64?. The van der Waals surface area contributed by atoms with Crippen LogP contribution in [0.15, 0.2) is 212 Å². The highest BCUT2D eigenvalue weighted by atomic mass is 15.1. The van der Waals surface area contributed by atoms with Crippen molar-refractivity contribution in [2.24, 2.45) is 17.8 Å². The van der Waals surface area contributed by atoms with Crippen LogP contribution in [0, 0.1) is 17.8 Å². The van der Waals surface area contributed by atoms with E-state index in [1.54, 1.807) is 0 Å². The van der Waals surface area contributed by atoms with E-state index in [4.69, 9.17) is 0 Å². The lowest BCUT2D eigenvalue weighted by molar-refractivity contribution is 0.0533. The summed E-state index contributed by atoms with van der Waals surface area (Å²) in [6.07, 6.45) is 6.45. The molecule has 0 saturated heterocycles. The fraction of sp³-hybridized carbons (Fsp3) is 0.156. The maximum Gasteiger partial charge on any atom is 0.0584 e. The molecular formula is C64H51N3. The zero-order chi connectivity index (χ0) is 44.2. The molecule has 67 heavy (non-hydrogen) atoms. The molecule has 1 spiro atoms. The van der Waals surface area contributed by atoms with Gasteiger partial charge in [0.2, 0.25) is 0 Å². The van der Waals surface area contributed by atoms with E-state index in [1.165, 1.54) is 126 Å². The van der Waals surface area contributed by atoms with E-state index in [0.717, 1.165) is 17.3 Å². The third kappa shape index (κ3) is 5.70. The van der Waals surface area contributed by atoms with Crippen LogP contribution >= 0.6 is 0 Å². The van der Waals surface area contributed by atoms with Gasteiger partial charge in [-0.1, -0.05) is 153 Å². The molecular weight excluding hydrogens is 811 g/mol. The summed E-state index contributed by atoms with van der Waals surface area (Å²) < 4.78 is 5.02. The number of para-hydroxylation sites is 4. The number of fused-ring (bicyclic) bond motifs is 8. The van der Waals surface area contributed by atoms with Gasteiger partial charge < -0.3 is 14.0 Å². The molecule has 11 aromatic rings. The molecule has 0 amide bonds. The maximum atomic E-state index is 2.64. The number of hydrogen-bond donors (Lipinski definition) is 0. The van der Waals surface area contributed by atoms with Gasteiger partial charge in [-0.2, -0.15) is 0 Å². The van der Waals surface area contributed by atoms with Crippen molar-refractivity contribution in [1.82, 2.24) is 9.13 Å². The number of hydrogen-bond acceptors (Lipinski definition) is 1. The quantitative estimate of drug-likeness (QED) is 0.162. The number of aromatic nitrogens is 2. The van der Waals surface area contributed by atoms with Gasteiger partial charge in [-0.25, -0.2) is 0 Å². The third-order valence-corrected chi connectivity index (χ3v) is 16.2. The van der Waals surface area contributed by atoms with Gasteiger partial charge in [-0.3, -0.25) is 0 Å². The van der Waals surface area contributed by atoms with E-state index in [1.807, 2.05) is 0 Å². The smallest absolute Gasteiger partial charge is 0.0584 e. The van der Waals surface area contributed by atoms with Crippen molar-refractivity contribution in [2.45, 2.75) is 44.4 Å². The Hall–Kier alpha value is -7.62. The first-order valence-corrected chi connectivity index (χ1v) is 24.5. The predicted octanol–water partition coefficient (Wildman–Crippen LogP) is 17.1. The first kappa shape index (κ1) is 38.6. The van der Waals surface area contributed by atoms with Crippen molar-refractivity contribution in [3.8, 4) is 33.6 Å². The lowest BCUT2D eigenvalue weighted by atomic mass is 9.47. The lowest BCUT2D eigenvalue weighted by Crippen LogP contribution is -2.52. The van der Waals surface area contributed by atoms with Crippen molar-refractivity contribution in [3.05, 3.63) is 223 Å². The molecule has 3 aliphatic rings. The first-order chi connectivity index (χ1) is 33.1. The fourth-order valence-electron chi connectivity index (χ4n) is 13.6. The molecule has 14 rings (SSSR count). The Labute approximate surface area is 392 Å². The number of rotatable bonds is 6. The van der Waals surface area contributed by atoms with Crippen molar-refractivity contribution >= 4 is 60.7 Å². The minimum Gasteiger partial charge on any atom is -0.310 e. The molecule has 2 saturated carbocycles. The SMILES string of the molecule is C[C@@H]1C[C@H]2CCC[C@@H](C1)C21c2ccccc2-n2c3ccccc3c3cc(N(c4ccc(-c5ccc(-n6c7ccccc7c7ccccc76)cc5)cc4)c4cccc(-c5ccccc5)c4)cc1c32.